The molecule has 5 atom stereocenters. The molecule has 2 aliphatic heterocycles. The largest absolute Gasteiger partial charge is 0.444 e. The molecule has 0 radical (unpaired) electrons. The van der Waals surface area contributed by atoms with Crippen LogP contribution in [0.25, 0.3) is 0 Å². The predicted octanol–water partition coefficient (Wildman–Crippen LogP) is 2.59. The molecule has 0 bridgehead atoms. The number of thioether (sulfide) groups is 1. The number of carbonyl (C=O) groups excluding carboxylic acids is 1. The van der Waals surface area contributed by atoms with Crippen LogP contribution in [0.4, 0.5) is 4.79 Å². The van der Waals surface area contributed by atoms with Gasteiger partial charge in [0.2, 0.25) is 0 Å². The molecule has 28 heavy (non-hydrogen) atoms. The first-order chi connectivity index (χ1) is 13.0. The number of nitriles is 2. The number of amides is 1. The highest BCUT2D eigenvalue weighted by molar-refractivity contribution is 7.98. The summed E-state index contributed by atoms with van der Waals surface area (Å²) < 4.78 is 17.8. The minimum absolute atomic E-state index is 0.0531. The molecule has 2 heterocycles. The van der Waals surface area contributed by atoms with Gasteiger partial charge in [-0.05, 0) is 40.9 Å². The predicted molar refractivity (Wildman–Crippen MR) is 106 cm³/mol. The third-order valence-electron chi connectivity index (χ3n) is 4.44. The van der Waals surface area contributed by atoms with Crippen molar-refractivity contribution in [1.29, 1.82) is 10.5 Å². The summed E-state index contributed by atoms with van der Waals surface area (Å²) in [5.74, 6) is -0.949. The maximum absolute atomic E-state index is 13.1. The summed E-state index contributed by atoms with van der Waals surface area (Å²) in [6.07, 6.45) is 2.01. The fourth-order valence-corrected chi connectivity index (χ4v) is 4.31. The van der Waals surface area contributed by atoms with Crippen molar-refractivity contribution < 1.29 is 19.0 Å². The summed E-state index contributed by atoms with van der Waals surface area (Å²) in [6.45, 7) is 8.98. The van der Waals surface area contributed by atoms with E-state index in [0.717, 1.165) is 0 Å². The first-order valence-electron chi connectivity index (χ1n) is 9.17. The quantitative estimate of drug-likeness (QED) is 0.508. The average molecular weight is 409 g/mol. The van der Waals surface area contributed by atoms with Crippen molar-refractivity contribution in [3.05, 3.63) is 0 Å². The Hall–Kier alpha value is -1.81. The molecule has 0 aromatic carbocycles. The van der Waals surface area contributed by atoms with Gasteiger partial charge in [0.1, 0.15) is 30.3 Å². The van der Waals surface area contributed by atoms with Crippen LogP contribution in [-0.2, 0) is 14.2 Å². The van der Waals surface area contributed by atoms with Gasteiger partial charge in [-0.1, -0.05) is 0 Å². The third-order valence-corrected chi connectivity index (χ3v) is 5.12. The van der Waals surface area contributed by atoms with Gasteiger partial charge in [-0.25, -0.2) is 4.79 Å². The van der Waals surface area contributed by atoms with Crippen LogP contribution in [0.15, 0.2) is 4.99 Å². The van der Waals surface area contributed by atoms with E-state index < -0.39 is 35.5 Å². The van der Waals surface area contributed by atoms with Crippen molar-refractivity contribution in [2.24, 2.45) is 10.9 Å². The summed E-state index contributed by atoms with van der Waals surface area (Å²) in [6, 6.07) is 3.20. The Morgan fingerprint density at radius 3 is 2.54 bits per heavy atom. The number of fused-ring (bicyclic) bond motifs is 1. The summed E-state index contributed by atoms with van der Waals surface area (Å²) in [5.41, 5.74) is -0.679. The van der Waals surface area contributed by atoms with E-state index in [1.165, 1.54) is 6.21 Å². The summed E-state index contributed by atoms with van der Waals surface area (Å²) in [5, 5.41) is 18.5. The van der Waals surface area contributed by atoms with Crippen molar-refractivity contribution in [1.82, 2.24) is 4.90 Å². The molecular formula is C19H28N4O4S. The van der Waals surface area contributed by atoms with Crippen LogP contribution < -0.4 is 0 Å². The lowest BCUT2D eigenvalue weighted by molar-refractivity contribution is -0.166. The van der Waals surface area contributed by atoms with Crippen LogP contribution >= 0.6 is 11.8 Å². The van der Waals surface area contributed by atoms with Gasteiger partial charge in [0.25, 0.3) is 0 Å². The van der Waals surface area contributed by atoms with E-state index in [2.05, 4.69) is 11.1 Å². The first-order valence-corrected chi connectivity index (χ1v) is 10.6. The Bertz CT molecular complexity index is 692. The Kier molecular flexibility index (Phi) is 6.97. The second-order valence-electron chi connectivity index (χ2n) is 8.27. The van der Waals surface area contributed by atoms with Gasteiger partial charge in [0.05, 0.1) is 24.2 Å². The van der Waals surface area contributed by atoms with E-state index in [-0.39, 0.29) is 18.7 Å². The van der Waals surface area contributed by atoms with Crippen molar-refractivity contribution in [3.63, 3.8) is 0 Å². The second-order valence-corrected chi connectivity index (χ2v) is 9.18. The van der Waals surface area contributed by atoms with Crippen molar-refractivity contribution in [2.45, 2.75) is 70.3 Å². The lowest BCUT2D eigenvalue weighted by Gasteiger charge is -2.36. The molecule has 2 aliphatic rings. The zero-order valence-corrected chi connectivity index (χ0v) is 18.0. The number of ether oxygens (including phenoxy) is 3. The highest BCUT2D eigenvalue weighted by Gasteiger charge is 2.61. The molecule has 2 fully saturated rings. The zero-order chi connectivity index (χ0) is 21.1. The standard InChI is InChI=1S/C19H28N4O4S/c1-18(2,3)27-17(24)23-13(11-28-6)15-16(26-19(4,5)25-15)14(23)12(9-21)10-22-8-7-20/h10,12-16H,8,11H2,1-6H3. The van der Waals surface area contributed by atoms with Crippen LogP contribution in [0.5, 0.6) is 0 Å². The molecule has 0 aromatic heterocycles. The van der Waals surface area contributed by atoms with Gasteiger partial charge >= 0.3 is 6.09 Å². The summed E-state index contributed by atoms with van der Waals surface area (Å²) in [4.78, 5) is 18.7. The van der Waals surface area contributed by atoms with Crippen molar-refractivity contribution >= 4 is 24.1 Å². The Morgan fingerprint density at radius 2 is 2.00 bits per heavy atom. The number of rotatable bonds is 5. The molecule has 0 aliphatic carbocycles. The van der Waals surface area contributed by atoms with E-state index in [9.17, 15) is 10.1 Å². The van der Waals surface area contributed by atoms with Gasteiger partial charge in [-0.3, -0.25) is 9.89 Å². The zero-order valence-electron chi connectivity index (χ0n) is 17.2. The van der Waals surface area contributed by atoms with E-state index in [1.54, 1.807) is 37.4 Å². The fourth-order valence-electron chi connectivity index (χ4n) is 3.62. The molecule has 2 saturated heterocycles. The van der Waals surface area contributed by atoms with Gasteiger partial charge in [-0.2, -0.15) is 22.3 Å². The van der Waals surface area contributed by atoms with E-state index in [1.807, 2.05) is 26.2 Å². The number of likely N-dealkylation sites (tertiary alicyclic amines) is 1. The summed E-state index contributed by atoms with van der Waals surface area (Å²) >= 11 is 1.59. The molecule has 1 amide bonds. The van der Waals surface area contributed by atoms with Crippen LogP contribution in [0, 0.1) is 28.6 Å². The molecule has 9 heteroatoms. The average Bonchev–Trinajstić information content (AvgIpc) is 3.02. The smallest absolute Gasteiger partial charge is 0.411 e. The second kappa shape index (κ2) is 8.69. The van der Waals surface area contributed by atoms with Gasteiger partial charge < -0.3 is 14.2 Å². The van der Waals surface area contributed by atoms with Crippen LogP contribution in [0.2, 0.25) is 0 Å². The number of aliphatic imine (C=N–C) groups is 1. The topological polar surface area (TPSA) is 108 Å². The minimum Gasteiger partial charge on any atom is -0.444 e. The molecule has 2 rings (SSSR count). The molecule has 5 unspecified atom stereocenters. The third kappa shape index (κ3) is 4.96. The molecular weight excluding hydrogens is 380 g/mol. The molecule has 8 nitrogen and oxygen atoms in total. The monoisotopic (exact) mass is 408 g/mol. The molecule has 0 saturated carbocycles. The lowest BCUT2D eigenvalue weighted by Crippen LogP contribution is -2.51. The maximum Gasteiger partial charge on any atom is 0.411 e. The fraction of sp³-hybridized carbons (Fsp3) is 0.789. The van der Waals surface area contributed by atoms with Crippen LogP contribution in [0.1, 0.15) is 34.6 Å². The van der Waals surface area contributed by atoms with Crippen molar-refractivity contribution in [2.75, 3.05) is 18.6 Å². The van der Waals surface area contributed by atoms with Gasteiger partial charge in [-0.15, -0.1) is 0 Å². The van der Waals surface area contributed by atoms with E-state index in [0.29, 0.717) is 5.75 Å². The number of hydrogen-bond donors (Lipinski definition) is 0. The number of carbonyl (C=O) groups is 1. The Balaban J connectivity index is 2.45. The SMILES string of the molecule is CSCC1C2OC(C)(C)OC2C(C(C#N)C=NCC#N)N1C(=O)OC(C)(C)C. The minimum atomic E-state index is -0.811. The van der Waals surface area contributed by atoms with E-state index >= 15 is 0 Å². The van der Waals surface area contributed by atoms with Crippen LogP contribution in [-0.4, -0.2) is 71.4 Å². The van der Waals surface area contributed by atoms with Gasteiger partial charge in [0, 0.05) is 12.0 Å². The highest BCUT2D eigenvalue weighted by Crippen LogP contribution is 2.43. The van der Waals surface area contributed by atoms with Crippen LogP contribution in [0.3, 0.4) is 0 Å². The lowest BCUT2D eigenvalue weighted by atomic mass is 9.97. The Morgan fingerprint density at radius 1 is 1.36 bits per heavy atom. The first kappa shape index (κ1) is 22.5. The highest BCUT2D eigenvalue weighted by atomic mass is 32.2. The van der Waals surface area contributed by atoms with Gasteiger partial charge in [0.15, 0.2) is 5.79 Å². The molecule has 154 valence electrons. The maximum atomic E-state index is 13.1. The number of hydrogen-bond acceptors (Lipinski definition) is 8. The molecule has 0 N–H and O–H groups in total. The normalized spacial score (nSPS) is 29.9. The van der Waals surface area contributed by atoms with E-state index in [4.69, 9.17) is 19.5 Å². The van der Waals surface area contributed by atoms with Crippen molar-refractivity contribution in [3.8, 4) is 12.1 Å². The molecule has 0 aromatic rings. The number of nitrogens with zero attached hydrogens (tertiary/aromatic N) is 4. The molecule has 0 spiro atoms. The Labute approximate surface area is 170 Å². The summed E-state index contributed by atoms with van der Waals surface area (Å²) in [7, 11) is 0.